The third-order valence-corrected chi connectivity index (χ3v) is 1.69. The number of carboxylic acid groups (broad SMARTS) is 1. The molecule has 0 saturated heterocycles. The molecule has 0 radical (unpaired) electrons. The summed E-state index contributed by atoms with van der Waals surface area (Å²) in [5, 5.41) is 7.89. The Labute approximate surface area is 110 Å². The molecule has 0 bridgehead atoms. The molecule has 0 saturated carbocycles. The predicted molar refractivity (Wildman–Crippen MR) is 70.6 cm³/mol. The molecule has 0 aliphatic heterocycles. The molecule has 0 unspecified atom stereocenters. The highest BCUT2D eigenvalue weighted by atomic mass is 31.1. The lowest BCUT2D eigenvalue weighted by Gasteiger charge is -1.81. The molecule has 0 amide bonds. The first-order valence-corrected chi connectivity index (χ1v) is 6.13. The fraction of sp³-hybridized carbons (Fsp3) is 0.0909. The molecule has 8 heteroatoms. The van der Waals surface area contributed by atoms with Crippen LogP contribution in [0.4, 0.5) is 0 Å². The van der Waals surface area contributed by atoms with Gasteiger partial charge in [0.25, 0.3) is 0 Å². The van der Waals surface area contributed by atoms with Gasteiger partial charge in [0, 0.05) is 10.1 Å². The maximum atomic E-state index is 9.60. The van der Waals surface area contributed by atoms with E-state index in [4.69, 9.17) is 19.5 Å². The van der Waals surface area contributed by atoms with Crippen molar-refractivity contribution in [2.45, 2.75) is 6.92 Å². The van der Waals surface area contributed by atoms with E-state index in [2.05, 4.69) is 16.5 Å². The van der Waals surface area contributed by atoms with E-state index in [0.29, 0.717) is 0 Å². The van der Waals surface area contributed by atoms with Gasteiger partial charge in [0.1, 0.15) is 0 Å². The van der Waals surface area contributed by atoms with E-state index in [9.17, 15) is 4.79 Å². The van der Waals surface area contributed by atoms with Crippen LogP contribution in [0.3, 0.4) is 0 Å². The maximum Gasteiger partial charge on any atom is 0.692 e. The summed E-state index contributed by atoms with van der Waals surface area (Å²) >= 11 is 0. The van der Waals surface area contributed by atoms with Crippen LogP contribution in [0.2, 0.25) is 0 Å². The molecule has 2 aromatic rings. The molecule has 0 atom stereocenters. The first-order chi connectivity index (χ1) is 8.84. The highest BCUT2D eigenvalue weighted by molar-refractivity contribution is 7.30. The lowest BCUT2D eigenvalue weighted by molar-refractivity contribution is -0.132. The molecule has 0 aliphatic rings. The first-order valence-electron chi connectivity index (χ1n) is 4.96. The van der Waals surface area contributed by atoms with Crippen molar-refractivity contribution in [2.75, 3.05) is 0 Å². The Hall–Kier alpha value is -2.08. The number of imidazole rings is 1. The van der Waals surface area contributed by atoms with Crippen molar-refractivity contribution in [3.63, 3.8) is 0 Å². The van der Waals surface area contributed by atoms with Gasteiger partial charge >= 0.3 is 14.2 Å². The van der Waals surface area contributed by atoms with E-state index in [1.807, 2.05) is 24.3 Å². The zero-order valence-electron chi connectivity index (χ0n) is 10.1. The maximum absolute atomic E-state index is 9.60. The Morgan fingerprint density at radius 3 is 2.26 bits per heavy atom. The Balaban J connectivity index is 0.000000285. The van der Waals surface area contributed by atoms with Crippen LogP contribution in [0, 0.1) is 0 Å². The number of para-hydroxylation sites is 2. The predicted octanol–water partition coefficient (Wildman–Crippen LogP) is 1.84. The number of nitrogens with one attached hydrogen (secondary N) is 1. The fourth-order valence-electron chi connectivity index (χ4n) is 0.880. The number of rotatable bonds is 1. The van der Waals surface area contributed by atoms with Crippen LogP contribution in [0.15, 0.2) is 42.7 Å². The van der Waals surface area contributed by atoms with Gasteiger partial charge in [-0.25, -0.2) is 9.78 Å². The second-order valence-corrected chi connectivity index (χ2v) is 3.76. The Morgan fingerprint density at radius 1 is 1.37 bits per heavy atom. The molecule has 0 aliphatic carbocycles. The van der Waals surface area contributed by atoms with Crippen molar-refractivity contribution in [1.82, 2.24) is 9.97 Å². The van der Waals surface area contributed by atoms with Gasteiger partial charge < -0.3 is 10.1 Å². The van der Waals surface area contributed by atoms with Crippen LogP contribution in [0.1, 0.15) is 6.92 Å². The van der Waals surface area contributed by atoms with Crippen LogP contribution >= 0.6 is 8.25 Å². The second kappa shape index (κ2) is 8.93. The molecular formula is C11H14N2O5P+. The first kappa shape index (κ1) is 16.9. The third kappa shape index (κ3) is 8.62. The van der Waals surface area contributed by atoms with Crippen molar-refractivity contribution in [2.24, 2.45) is 0 Å². The monoisotopic (exact) mass is 285 g/mol. The average Bonchev–Trinajstić information content (AvgIpc) is 2.76. The summed E-state index contributed by atoms with van der Waals surface area (Å²) in [5.41, 5.74) is 2.30. The molecule has 1 aromatic carbocycles. The van der Waals surface area contributed by atoms with Gasteiger partial charge in [0.05, 0.1) is 17.4 Å². The number of H-pyrrole nitrogens is 1. The summed E-state index contributed by atoms with van der Waals surface area (Å²) in [4.78, 5) is 30.9. The minimum atomic E-state index is -2.87. The normalized spacial score (nSPS) is 8.58. The molecule has 1 heterocycles. The van der Waals surface area contributed by atoms with Gasteiger partial charge in [0.2, 0.25) is 0 Å². The molecule has 2 rings (SSSR count). The Morgan fingerprint density at radius 2 is 1.84 bits per heavy atom. The lowest BCUT2D eigenvalue weighted by Crippen LogP contribution is -1.92. The van der Waals surface area contributed by atoms with Crippen molar-refractivity contribution < 1.29 is 24.3 Å². The van der Waals surface area contributed by atoms with E-state index in [0.717, 1.165) is 11.0 Å². The van der Waals surface area contributed by atoms with E-state index >= 15 is 0 Å². The summed E-state index contributed by atoms with van der Waals surface area (Å²) in [6.07, 6.45) is 1.70. The average molecular weight is 285 g/mol. The minimum absolute atomic E-state index is 0.176. The summed E-state index contributed by atoms with van der Waals surface area (Å²) < 4.78 is 8.70. The second-order valence-electron chi connectivity index (χ2n) is 3.26. The molecule has 0 spiro atoms. The van der Waals surface area contributed by atoms with E-state index in [1.54, 1.807) is 6.33 Å². The molecule has 7 nitrogen and oxygen atoms in total. The number of hydrogen-bond donors (Lipinski definition) is 4. The molecule has 0 fully saturated rings. The fourth-order valence-corrected chi connectivity index (χ4v) is 0.880. The highest BCUT2D eigenvalue weighted by Crippen LogP contribution is 2.05. The van der Waals surface area contributed by atoms with Gasteiger partial charge in [-0.15, -0.1) is 9.79 Å². The number of benzene rings is 1. The molecular weight excluding hydrogens is 271 g/mol. The topological polar surface area (TPSA) is 124 Å². The molecule has 102 valence electrons. The number of carbonyl (C=O) groups is 1. The highest BCUT2D eigenvalue weighted by Gasteiger charge is 1.93. The van der Waals surface area contributed by atoms with Crippen molar-refractivity contribution in [1.29, 1.82) is 0 Å². The summed E-state index contributed by atoms with van der Waals surface area (Å²) in [6, 6.07) is 7.94. The minimum Gasteiger partial charge on any atom is -0.478 e. The zero-order chi connectivity index (χ0) is 14.8. The lowest BCUT2D eigenvalue weighted by atomic mass is 10.3. The van der Waals surface area contributed by atoms with Crippen LogP contribution < -0.4 is 0 Å². The number of aromatic amines is 1. The SMILES string of the molecule is C=C(C)C(=O)O.O=[P+](O)O.c1ccc2[nH]cnc2c1. The van der Waals surface area contributed by atoms with Gasteiger partial charge in [-0.3, -0.25) is 0 Å². The van der Waals surface area contributed by atoms with E-state index in [-0.39, 0.29) is 5.57 Å². The van der Waals surface area contributed by atoms with E-state index < -0.39 is 14.2 Å². The molecule has 19 heavy (non-hydrogen) atoms. The number of fused-ring (bicyclic) bond motifs is 1. The van der Waals surface area contributed by atoms with Gasteiger partial charge in [-0.2, -0.15) is 0 Å². The van der Waals surface area contributed by atoms with Crippen LogP contribution in [0.25, 0.3) is 11.0 Å². The number of nitrogens with zero attached hydrogens (tertiary/aromatic N) is 1. The largest absolute Gasteiger partial charge is 0.692 e. The van der Waals surface area contributed by atoms with E-state index in [1.165, 1.54) is 6.92 Å². The number of aliphatic carboxylic acids is 1. The summed E-state index contributed by atoms with van der Waals surface area (Å²) in [6.45, 7) is 4.60. The van der Waals surface area contributed by atoms with Crippen molar-refractivity contribution in [3.8, 4) is 0 Å². The van der Waals surface area contributed by atoms with Crippen molar-refractivity contribution in [3.05, 3.63) is 42.7 Å². The van der Waals surface area contributed by atoms with Gasteiger partial charge in [0.15, 0.2) is 0 Å². The van der Waals surface area contributed by atoms with Crippen LogP contribution in [-0.2, 0) is 9.36 Å². The zero-order valence-corrected chi connectivity index (χ0v) is 11.0. The number of carboxylic acids is 1. The molecule has 1 aromatic heterocycles. The smallest absolute Gasteiger partial charge is 0.478 e. The van der Waals surface area contributed by atoms with Crippen LogP contribution in [-0.4, -0.2) is 30.8 Å². The Kier molecular flexibility index (Phi) is 7.95. The molecule has 4 N–H and O–H groups in total. The van der Waals surface area contributed by atoms with Crippen molar-refractivity contribution >= 4 is 25.3 Å². The number of aromatic nitrogens is 2. The third-order valence-electron chi connectivity index (χ3n) is 1.69. The van der Waals surface area contributed by atoms with Gasteiger partial charge in [-0.05, 0) is 19.1 Å². The summed E-state index contributed by atoms with van der Waals surface area (Å²) in [7, 11) is -2.87. The standard InChI is InChI=1S/C7H6N2.C4H6O2.HO3P/c1-2-4-7-6(3-1)8-5-9-7;1-3(2)4(5)6;1-4(2)3/h1-5H,(H,8,9);1H2,2H3,(H,5,6);(H-,1,2,3)/p+1. The van der Waals surface area contributed by atoms with Gasteiger partial charge in [-0.1, -0.05) is 18.7 Å². The Bertz CT molecular complexity index is 521. The number of hydrogen-bond acceptors (Lipinski definition) is 3. The summed E-state index contributed by atoms with van der Waals surface area (Å²) in [5.74, 6) is -0.935. The quantitative estimate of drug-likeness (QED) is 0.468. The van der Waals surface area contributed by atoms with Crippen LogP contribution in [0.5, 0.6) is 0 Å².